The number of hydrogen-bond acceptors (Lipinski definition) is 7. The van der Waals surface area contributed by atoms with Crippen molar-refractivity contribution in [3.63, 3.8) is 0 Å². The van der Waals surface area contributed by atoms with Crippen molar-refractivity contribution in [1.82, 2.24) is 14.3 Å². The lowest BCUT2D eigenvalue weighted by atomic mass is 10.1. The molecule has 2 fully saturated rings. The fourth-order valence-electron chi connectivity index (χ4n) is 4.72. The van der Waals surface area contributed by atoms with Crippen molar-refractivity contribution in [3.05, 3.63) is 81.1 Å². The lowest BCUT2D eigenvalue weighted by Gasteiger charge is -2.36. The molecule has 5 rings (SSSR count). The number of amides is 1. The van der Waals surface area contributed by atoms with Gasteiger partial charge in [-0.2, -0.15) is 0 Å². The molecular weight excluding hydrogens is 492 g/mol. The maximum atomic E-state index is 13.6. The van der Waals surface area contributed by atoms with Gasteiger partial charge in [0.2, 0.25) is 0 Å². The molecule has 1 amide bonds. The Labute approximate surface area is 219 Å². The molecule has 0 bridgehead atoms. The van der Waals surface area contributed by atoms with Gasteiger partial charge in [-0.3, -0.25) is 18.9 Å². The molecule has 0 unspecified atom stereocenters. The number of nitrogens with zero attached hydrogens (tertiary/aromatic N) is 4. The van der Waals surface area contributed by atoms with Crippen LogP contribution in [0.15, 0.2) is 64.4 Å². The van der Waals surface area contributed by atoms with E-state index in [1.165, 1.54) is 21.7 Å². The number of thioether (sulfide) groups is 1. The average Bonchev–Trinajstić information content (AvgIpc) is 3.13. The number of rotatable bonds is 6. The minimum Gasteiger partial charge on any atom is -0.372 e. The van der Waals surface area contributed by atoms with Crippen molar-refractivity contribution in [2.24, 2.45) is 0 Å². The molecule has 2 saturated heterocycles. The Balaban J connectivity index is 1.46. The van der Waals surface area contributed by atoms with Crippen LogP contribution < -0.4 is 10.5 Å². The van der Waals surface area contributed by atoms with Gasteiger partial charge in [0.1, 0.15) is 15.8 Å². The SMILES string of the molecule is C[C@H]1CN(c2nc3ccccn3c(=O)c2/C=C2\SC(=S)N(CCCc3ccccc3)C2=O)C[C@H](C)O1. The molecule has 2 aromatic heterocycles. The number of thiocarbonyl (C=S) groups is 1. The fourth-order valence-corrected chi connectivity index (χ4v) is 6.01. The van der Waals surface area contributed by atoms with Gasteiger partial charge in [-0.05, 0) is 50.5 Å². The van der Waals surface area contributed by atoms with E-state index in [2.05, 4.69) is 17.0 Å². The number of aromatic nitrogens is 2. The van der Waals surface area contributed by atoms with E-state index in [4.69, 9.17) is 21.9 Å². The van der Waals surface area contributed by atoms with Crippen LogP contribution in [0.5, 0.6) is 0 Å². The smallest absolute Gasteiger partial charge is 0.267 e. The Hall–Kier alpha value is -3.01. The van der Waals surface area contributed by atoms with Crippen molar-refractivity contribution in [2.75, 3.05) is 24.5 Å². The van der Waals surface area contributed by atoms with Gasteiger partial charge in [-0.15, -0.1) is 0 Å². The highest BCUT2D eigenvalue weighted by molar-refractivity contribution is 8.26. The maximum Gasteiger partial charge on any atom is 0.267 e. The summed E-state index contributed by atoms with van der Waals surface area (Å²) < 4.78 is 7.93. The molecule has 0 saturated carbocycles. The highest BCUT2D eigenvalue weighted by Gasteiger charge is 2.33. The summed E-state index contributed by atoms with van der Waals surface area (Å²) in [6.07, 6.45) is 5.04. The molecular formula is C27H28N4O3S2. The summed E-state index contributed by atoms with van der Waals surface area (Å²) in [4.78, 5) is 35.9. The van der Waals surface area contributed by atoms with Crippen LogP contribution in [0.3, 0.4) is 0 Å². The van der Waals surface area contributed by atoms with Crippen molar-refractivity contribution in [3.8, 4) is 0 Å². The molecule has 2 aliphatic rings. The summed E-state index contributed by atoms with van der Waals surface area (Å²) in [5.41, 5.74) is 1.98. The van der Waals surface area contributed by atoms with Gasteiger partial charge in [0.25, 0.3) is 11.5 Å². The van der Waals surface area contributed by atoms with Crippen molar-refractivity contribution in [2.45, 2.75) is 38.9 Å². The number of morpholine rings is 1. The molecule has 9 heteroatoms. The Bertz CT molecular complexity index is 1380. The molecule has 36 heavy (non-hydrogen) atoms. The monoisotopic (exact) mass is 520 g/mol. The van der Waals surface area contributed by atoms with Gasteiger partial charge >= 0.3 is 0 Å². The number of ether oxygens (including phenoxy) is 1. The number of carbonyl (C=O) groups is 1. The van der Waals surface area contributed by atoms with Gasteiger partial charge in [0, 0.05) is 25.8 Å². The minimum atomic E-state index is -0.211. The van der Waals surface area contributed by atoms with Crippen LogP contribution in [-0.4, -0.2) is 56.4 Å². The standard InChI is InChI=1S/C27H28N4O3S2/c1-18-16-29(17-19(2)34-18)24-21(25(32)30-13-7-6-12-23(30)28-24)15-22-26(33)31(27(35)36-22)14-8-11-20-9-4-3-5-10-20/h3-7,9-10,12-13,15,18-19H,8,11,14,16-17H2,1-2H3/b22-15-/t18-,19-/m0/s1. The molecule has 7 nitrogen and oxygen atoms in total. The molecule has 2 aliphatic heterocycles. The quantitative estimate of drug-likeness (QED) is 0.357. The summed E-state index contributed by atoms with van der Waals surface area (Å²) in [6.45, 7) is 5.78. The van der Waals surface area contributed by atoms with E-state index in [9.17, 15) is 9.59 Å². The van der Waals surface area contributed by atoms with Crippen LogP contribution >= 0.6 is 24.0 Å². The number of hydrogen-bond donors (Lipinski definition) is 0. The van der Waals surface area contributed by atoms with Gasteiger partial charge in [-0.1, -0.05) is 60.4 Å². The highest BCUT2D eigenvalue weighted by Crippen LogP contribution is 2.34. The topological polar surface area (TPSA) is 67.2 Å². The maximum absolute atomic E-state index is 13.6. The van der Waals surface area contributed by atoms with E-state index in [-0.39, 0.29) is 23.7 Å². The fraction of sp³-hybridized carbons (Fsp3) is 0.333. The summed E-state index contributed by atoms with van der Waals surface area (Å²) in [6, 6.07) is 15.7. The van der Waals surface area contributed by atoms with Crippen LogP contribution in [-0.2, 0) is 16.0 Å². The third-order valence-corrected chi connectivity index (χ3v) is 7.68. The summed E-state index contributed by atoms with van der Waals surface area (Å²) in [5.74, 6) is 0.410. The zero-order chi connectivity index (χ0) is 25.2. The average molecular weight is 521 g/mol. The lowest BCUT2D eigenvalue weighted by molar-refractivity contribution is -0.122. The normalized spacial score (nSPS) is 21.7. The molecule has 0 aliphatic carbocycles. The van der Waals surface area contributed by atoms with E-state index < -0.39 is 0 Å². The number of pyridine rings is 1. The highest BCUT2D eigenvalue weighted by atomic mass is 32.2. The Morgan fingerprint density at radius 2 is 1.81 bits per heavy atom. The molecule has 186 valence electrons. The third kappa shape index (κ3) is 5.09. The van der Waals surface area contributed by atoms with E-state index in [1.807, 2.05) is 44.2 Å². The van der Waals surface area contributed by atoms with Crippen LogP contribution in [0.4, 0.5) is 5.82 Å². The molecule has 3 aromatic rings. The lowest BCUT2D eigenvalue weighted by Crippen LogP contribution is -2.46. The number of anilines is 1. The second-order valence-electron chi connectivity index (χ2n) is 9.17. The molecule has 0 radical (unpaired) electrons. The number of carbonyl (C=O) groups excluding carboxylic acids is 1. The van der Waals surface area contributed by atoms with Crippen molar-refractivity contribution < 1.29 is 9.53 Å². The predicted molar refractivity (Wildman–Crippen MR) is 148 cm³/mol. The predicted octanol–water partition coefficient (Wildman–Crippen LogP) is 4.14. The second kappa shape index (κ2) is 10.5. The van der Waals surface area contributed by atoms with Crippen LogP contribution in [0.2, 0.25) is 0 Å². The van der Waals surface area contributed by atoms with Crippen LogP contribution in [0, 0.1) is 0 Å². The minimum absolute atomic E-state index is 0.000417. The Morgan fingerprint density at radius 1 is 1.08 bits per heavy atom. The molecule has 4 heterocycles. The van der Waals surface area contributed by atoms with Crippen molar-refractivity contribution >= 4 is 51.7 Å². The summed E-state index contributed by atoms with van der Waals surface area (Å²) >= 11 is 6.78. The zero-order valence-electron chi connectivity index (χ0n) is 20.3. The Morgan fingerprint density at radius 3 is 2.56 bits per heavy atom. The zero-order valence-corrected chi connectivity index (χ0v) is 21.9. The first-order valence-electron chi connectivity index (χ1n) is 12.1. The van der Waals surface area contributed by atoms with E-state index >= 15 is 0 Å². The van der Waals surface area contributed by atoms with E-state index in [0.717, 1.165) is 12.8 Å². The summed E-state index contributed by atoms with van der Waals surface area (Å²) in [5, 5.41) is 0. The first-order valence-corrected chi connectivity index (χ1v) is 13.3. The molecule has 2 atom stereocenters. The molecule has 1 aromatic carbocycles. The van der Waals surface area contributed by atoms with Crippen LogP contribution in [0.25, 0.3) is 11.7 Å². The summed E-state index contributed by atoms with van der Waals surface area (Å²) in [7, 11) is 0. The van der Waals surface area contributed by atoms with E-state index in [0.29, 0.717) is 45.9 Å². The second-order valence-corrected chi connectivity index (χ2v) is 10.8. The molecule has 0 N–H and O–H groups in total. The Kier molecular flexibility index (Phi) is 7.22. The third-order valence-electron chi connectivity index (χ3n) is 6.31. The van der Waals surface area contributed by atoms with E-state index in [1.54, 1.807) is 23.2 Å². The number of fused-ring (bicyclic) bond motifs is 1. The van der Waals surface area contributed by atoms with Crippen LogP contribution in [0.1, 0.15) is 31.4 Å². The van der Waals surface area contributed by atoms with Gasteiger partial charge in [0.05, 0.1) is 22.7 Å². The first kappa shape index (κ1) is 24.7. The number of aryl methyl sites for hydroxylation is 1. The van der Waals surface area contributed by atoms with Gasteiger partial charge < -0.3 is 9.64 Å². The first-order chi connectivity index (χ1) is 17.4. The largest absolute Gasteiger partial charge is 0.372 e. The number of benzene rings is 1. The van der Waals surface area contributed by atoms with Crippen molar-refractivity contribution in [1.29, 1.82) is 0 Å². The molecule has 0 spiro atoms. The van der Waals surface area contributed by atoms with Gasteiger partial charge in [0.15, 0.2) is 0 Å². The van der Waals surface area contributed by atoms with Gasteiger partial charge in [-0.25, -0.2) is 4.98 Å².